The predicted octanol–water partition coefficient (Wildman–Crippen LogP) is 2.96. The quantitative estimate of drug-likeness (QED) is 0.244. The van der Waals surface area contributed by atoms with E-state index in [-0.39, 0.29) is 36.9 Å². The Kier molecular flexibility index (Phi) is 11.3. The Morgan fingerprint density at radius 3 is 2.31 bits per heavy atom. The van der Waals surface area contributed by atoms with Gasteiger partial charge in [0.15, 0.2) is 17.4 Å². The Hall–Kier alpha value is -2.84. The Labute approximate surface area is 207 Å². The monoisotopic (exact) mass is 535 g/mol. The third-order valence-electron chi connectivity index (χ3n) is 4.40. The maximum atomic E-state index is 14.7. The van der Waals surface area contributed by atoms with Crippen LogP contribution in [-0.2, 0) is 25.3 Å². The van der Waals surface area contributed by atoms with Crippen LogP contribution in [0.25, 0.3) is 0 Å². The molecule has 192 valence electrons. The van der Waals surface area contributed by atoms with Gasteiger partial charge in [0, 0.05) is 32.3 Å². The average Bonchev–Trinajstić information content (AvgIpc) is 2.84. The molecule has 0 saturated heterocycles. The van der Waals surface area contributed by atoms with Gasteiger partial charge in [-0.05, 0) is 36.4 Å². The smallest absolute Gasteiger partial charge is 0.409 e. The molecule has 2 amide bonds. The van der Waals surface area contributed by atoms with Crippen LogP contribution in [0.2, 0.25) is 5.02 Å². The number of likely N-dealkylation sites (N-methyl/N-ethyl adjacent to an activating group) is 1. The molecule has 2 aromatic rings. The number of amides is 2. The summed E-state index contributed by atoms with van der Waals surface area (Å²) in [5.74, 6) is -3.77. The summed E-state index contributed by atoms with van der Waals surface area (Å²) >= 11 is 5.78. The molecule has 35 heavy (non-hydrogen) atoms. The number of rotatable bonds is 12. The predicted molar refractivity (Wildman–Crippen MR) is 122 cm³/mol. The van der Waals surface area contributed by atoms with E-state index in [4.69, 9.17) is 31.0 Å². The minimum atomic E-state index is -2.25. The number of hydrogen-bond acceptors (Lipinski definition) is 7. The second-order valence-corrected chi connectivity index (χ2v) is 8.87. The second kappa shape index (κ2) is 13.9. The number of halogens is 3. The largest absolute Gasteiger partial charge is 0.451 e. The number of carbonyl (C=O) groups excluding carboxylic acids is 2. The molecule has 0 radical (unpaired) electrons. The van der Waals surface area contributed by atoms with E-state index < -0.39 is 46.9 Å². The highest BCUT2D eigenvalue weighted by molar-refractivity contribution is 7.82. The van der Waals surface area contributed by atoms with Crippen LogP contribution in [-0.4, -0.2) is 77.6 Å². The van der Waals surface area contributed by atoms with E-state index in [1.54, 1.807) is 0 Å². The number of ether oxygens (including phenoxy) is 3. The number of methoxy groups -OCH3 is 1. The molecule has 2 rings (SSSR count). The van der Waals surface area contributed by atoms with Crippen molar-refractivity contribution in [1.29, 1.82) is 0 Å². The van der Waals surface area contributed by atoms with Crippen molar-refractivity contribution in [2.75, 3.05) is 47.0 Å². The maximum Gasteiger partial charge on any atom is 0.409 e. The minimum absolute atomic E-state index is 0.0191. The molecule has 2 aromatic carbocycles. The summed E-state index contributed by atoms with van der Waals surface area (Å²) in [6.45, 7) is -0.602. The first-order valence-corrected chi connectivity index (χ1v) is 11.5. The van der Waals surface area contributed by atoms with Gasteiger partial charge in [-0.2, -0.15) is 0 Å². The Morgan fingerprint density at radius 1 is 1.11 bits per heavy atom. The molecule has 14 heteroatoms. The van der Waals surface area contributed by atoms with Crippen molar-refractivity contribution in [3.05, 3.63) is 53.1 Å². The summed E-state index contributed by atoms with van der Waals surface area (Å²) in [6.07, 6.45) is -0.694. The van der Waals surface area contributed by atoms with Crippen LogP contribution < -0.4 is 10.2 Å². The number of nitrogens with zero attached hydrogens (tertiary/aromatic N) is 2. The first-order valence-electron chi connectivity index (χ1n) is 10.0. The fourth-order valence-corrected chi connectivity index (χ4v) is 3.91. The van der Waals surface area contributed by atoms with Crippen molar-refractivity contribution in [3.63, 3.8) is 0 Å². The molecule has 0 spiro atoms. The van der Waals surface area contributed by atoms with Crippen LogP contribution >= 0.6 is 11.6 Å². The molecule has 0 aromatic heterocycles. The summed E-state index contributed by atoms with van der Waals surface area (Å²) < 4.78 is 58.3. The molecule has 10 nitrogen and oxygen atoms in total. The van der Waals surface area contributed by atoms with Gasteiger partial charge in [0.2, 0.25) is 0 Å². The SMILES string of the molecule is COCCOC(=O)N(C)CCN(CC(=O)NO)S(=O)c1cc(F)c(Oc2ccc(Cl)cc2)c(F)c1. The number of hydroxylamine groups is 1. The zero-order valence-electron chi connectivity index (χ0n) is 18.8. The zero-order valence-corrected chi connectivity index (χ0v) is 20.4. The van der Waals surface area contributed by atoms with Crippen molar-refractivity contribution in [2.24, 2.45) is 0 Å². The van der Waals surface area contributed by atoms with Crippen LogP contribution in [0.15, 0.2) is 41.3 Å². The van der Waals surface area contributed by atoms with Gasteiger partial charge >= 0.3 is 6.09 Å². The summed E-state index contributed by atoms with van der Waals surface area (Å²) in [7, 11) is 0.602. The van der Waals surface area contributed by atoms with E-state index in [0.29, 0.717) is 5.02 Å². The van der Waals surface area contributed by atoms with Gasteiger partial charge in [0.25, 0.3) is 5.91 Å². The molecule has 0 heterocycles. The van der Waals surface area contributed by atoms with Crippen molar-refractivity contribution < 1.29 is 42.0 Å². The van der Waals surface area contributed by atoms with Crippen LogP contribution in [0.5, 0.6) is 11.5 Å². The van der Waals surface area contributed by atoms with Gasteiger partial charge in [-0.15, -0.1) is 0 Å². The van der Waals surface area contributed by atoms with Gasteiger partial charge in [0.05, 0.1) is 18.0 Å². The van der Waals surface area contributed by atoms with Crippen LogP contribution in [0.1, 0.15) is 0 Å². The number of carbonyl (C=O) groups is 2. The summed E-state index contributed by atoms with van der Waals surface area (Å²) in [5, 5.41) is 9.25. The van der Waals surface area contributed by atoms with Gasteiger partial charge in [-0.25, -0.2) is 27.6 Å². The molecular formula is C21H24ClF2N3O7S. The Balaban J connectivity index is 2.16. The molecule has 0 fully saturated rings. The van der Waals surface area contributed by atoms with E-state index in [9.17, 15) is 22.6 Å². The van der Waals surface area contributed by atoms with Crippen molar-refractivity contribution in [3.8, 4) is 11.5 Å². The minimum Gasteiger partial charge on any atom is -0.451 e. The lowest BCUT2D eigenvalue weighted by atomic mass is 10.3. The normalized spacial score (nSPS) is 11.7. The number of hydrogen-bond donors (Lipinski definition) is 2. The highest BCUT2D eigenvalue weighted by Crippen LogP contribution is 2.30. The van der Waals surface area contributed by atoms with E-state index in [0.717, 1.165) is 21.3 Å². The topological polar surface area (TPSA) is 118 Å². The number of nitrogens with one attached hydrogen (secondary N) is 1. The first-order chi connectivity index (χ1) is 16.7. The third kappa shape index (κ3) is 8.71. The fourth-order valence-electron chi connectivity index (χ4n) is 2.60. The summed E-state index contributed by atoms with van der Waals surface area (Å²) in [6, 6.07) is 7.39. The highest BCUT2D eigenvalue weighted by atomic mass is 35.5. The summed E-state index contributed by atoms with van der Waals surface area (Å²) in [5.41, 5.74) is 1.40. The van der Waals surface area contributed by atoms with Gasteiger partial charge in [-0.3, -0.25) is 10.0 Å². The Bertz CT molecular complexity index is 1020. The molecule has 1 unspecified atom stereocenters. The van der Waals surface area contributed by atoms with Crippen molar-refractivity contribution in [1.82, 2.24) is 14.7 Å². The highest BCUT2D eigenvalue weighted by Gasteiger charge is 2.24. The molecule has 0 aliphatic carbocycles. The lowest BCUT2D eigenvalue weighted by Gasteiger charge is -2.24. The molecule has 0 aliphatic heterocycles. The lowest BCUT2D eigenvalue weighted by molar-refractivity contribution is -0.129. The van der Waals surface area contributed by atoms with Crippen LogP contribution in [0, 0.1) is 11.6 Å². The molecule has 0 aliphatic rings. The van der Waals surface area contributed by atoms with Gasteiger partial charge in [0.1, 0.15) is 23.3 Å². The Morgan fingerprint density at radius 2 is 1.74 bits per heavy atom. The lowest BCUT2D eigenvalue weighted by Crippen LogP contribution is -2.42. The van der Waals surface area contributed by atoms with Crippen molar-refractivity contribution in [2.45, 2.75) is 4.90 Å². The standard InChI is InChI=1S/C21H24ClF2N3O7S/c1-26(21(29)33-10-9-32-2)7-8-27(13-19(28)25-30)35(31)16-11-17(23)20(18(24)12-16)34-15-5-3-14(22)4-6-15/h3-6,11-12,30H,7-10,13H2,1-2H3,(H,25,28). The molecular weight excluding hydrogens is 512 g/mol. The van der Waals surface area contributed by atoms with E-state index in [1.165, 1.54) is 43.9 Å². The van der Waals surface area contributed by atoms with Gasteiger partial charge in [-0.1, -0.05) is 11.6 Å². The van der Waals surface area contributed by atoms with E-state index in [1.807, 2.05) is 0 Å². The zero-order chi connectivity index (χ0) is 26.0. The number of benzene rings is 2. The molecule has 2 N–H and O–H groups in total. The van der Waals surface area contributed by atoms with Crippen molar-refractivity contribution >= 4 is 34.6 Å². The van der Waals surface area contributed by atoms with E-state index >= 15 is 0 Å². The van der Waals surface area contributed by atoms with Gasteiger partial charge < -0.3 is 19.1 Å². The fraction of sp³-hybridized carbons (Fsp3) is 0.333. The molecule has 0 bridgehead atoms. The second-order valence-electron chi connectivity index (χ2n) is 6.95. The molecule has 0 saturated carbocycles. The van der Waals surface area contributed by atoms with Crippen LogP contribution in [0.4, 0.5) is 13.6 Å². The average molecular weight is 536 g/mol. The summed E-state index contributed by atoms with van der Waals surface area (Å²) in [4.78, 5) is 24.5. The third-order valence-corrected chi connectivity index (χ3v) is 6.07. The first kappa shape index (κ1) is 28.4. The molecule has 1 atom stereocenters. The van der Waals surface area contributed by atoms with E-state index in [2.05, 4.69) is 0 Å². The maximum absolute atomic E-state index is 14.7. The van der Waals surface area contributed by atoms with Crippen LogP contribution in [0.3, 0.4) is 0 Å².